The number of amides is 2. The molecule has 4 atom stereocenters. The molecule has 1 aliphatic carbocycles. The molecular weight excluding hydrogens is 394 g/mol. The summed E-state index contributed by atoms with van der Waals surface area (Å²) in [7, 11) is 1.50. The topological polar surface area (TPSA) is 98.1 Å². The van der Waals surface area contributed by atoms with Crippen LogP contribution in [0.15, 0.2) is 41.0 Å². The van der Waals surface area contributed by atoms with Crippen molar-refractivity contribution in [3.63, 3.8) is 0 Å². The highest BCUT2D eigenvalue weighted by Crippen LogP contribution is 2.46. The van der Waals surface area contributed by atoms with Gasteiger partial charge in [-0.15, -0.1) is 0 Å². The van der Waals surface area contributed by atoms with Crippen LogP contribution in [0.2, 0.25) is 0 Å². The third-order valence-corrected chi connectivity index (χ3v) is 6.61. The molecule has 1 saturated heterocycles. The SMILES string of the molecule is CCCC1=C([C@H](O)CC/C(C)=C/c2cccc(O)c2)[C@H](CO)[C@@H]2C(=O)N(C)C(=O)[C@@H]2C1. The number of likely N-dealkylation sites (tertiary alicyclic amines) is 1. The lowest BCUT2D eigenvalue weighted by Gasteiger charge is -2.36. The number of carbonyl (C=O) groups is 2. The third-order valence-electron chi connectivity index (χ3n) is 6.61. The monoisotopic (exact) mass is 427 g/mol. The first-order valence-electron chi connectivity index (χ1n) is 11.1. The van der Waals surface area contributed by atoms with Crippen LogP contribution in [0.3, 0.4) is 0 Å². The van der Waals surface area contributed by atoms with Crippen LogP contribution < -0.4 is 0 Å². The van der Waals surface area contributed by atoms with Crippen LogP contribution >= 0.6 is 0 Å². The molecule has 0 bridgehead atoms. The molecule has 1 fully saturated rings. The number of hydrogen-bond acceptors (Lipinski definition) is 5. The predicted molar refractivity (Wildman–Crippen MR) is 119 cm³/mol. The van der Waals surface area contributed by atoms with Crippen LogP contribution in [0.25, 0.3) is 6.08 Å². The summed E-state index contributed by atoms with van der Waals surface area (Å²) in [6.07, 6.45) is 4.40. The van der Waals surface area contributed by atoms with Crippen molar-refractivity contribution in [2.75, 3.05) is 13.7 Å². The van der Waals surface area contributed by atoms with E-state index in [9.17, 15) is 24.9 Å². The number of hydrogen-bond donors (Lipinski definition) is 3. The number of phenols is 1. The van der Waals surface area contributed by atoms with E-state index in [1.807, 2.05) is 26.0 Å². The fourth-order valence-electron chi connectivity index (χ4n) is 5.15. The molecule has 0 saturated carbocycles. The maximum atomic E-state index is 12.7. The van der Waals surface area contributed by atoms with E-state index in [1.54, 1.807) is 18.2 Å². The van der Waals surface area contributed by atoms with E-state index >= 15 is 0 Å². The summed E-state index contributed by atoms with van der Waals surface area (Å²) in [5.74, 6) is -1.77. The Bertz CT molecular complexity index is 903. The van der Waals surface area contributed by atoms with Crippen LogP contribution in [-0.4, -0.2) is 51.8 Å². The summed E-state index contributed by atoms with van der Waals surface area (Å²) in [5, 5.41) is 30.9. The van der Waals surface area contributed by atoms with E-state index in [0.717, 1.165) is 35.1 Å². The average molecular weight is 428 g/mol. The van der Waals surface area contributed by atoms with Gasteiger partial charge in [-0.2, -0.15) is 0 Å². The van der Waals surface area contributed by atoms with Gasteiger partial charge in [-0.05, 0) is 55.9 Å². The molecule has 0 spiro atoms. The van der Waals surface area contributed by atoms with Crippen LogP contribution in [0, 0.1) is 17.8 Å². The van der Waals surface area contributed by atoms with Gasteiger partial charge in [0.1, 0.15) is 5.75 Å². The molecular formula is C25H33NO5. The minimum Gasteiger partial charge on any atom is -0.508 e. The number of allylic oxidation sites excluding steroid dienone is 2. The highest BCUT2D eigenvalue weighted by molar-refractivity contribution is 6.05. The fourth-order valence-corrected chi connectivity index (χ4v) is 5.15. The maximum absolute atomic E-state index is 12.7. The van der Waals surface area contributed by atoms with Crippen LogP contribution in [0.4, 0.5) is 0 Å². The first-order chi connectivity index (χ1) is 14.8. The van der Waals surface area contributed by atoms with E-state index in [4.69, 9.17) is 0 Å². The van der Waals surface area contributed by atoms with Gasteiger partial charge in [-0.3, -0.25) is 14.5 Å². The van der Waals surface area contributed by atoms with E-state index in [-0.39, 0.29) is 24.2 Å². The third kappa shape index (κ3) is 4.75. The van der Waals surface area contributed by atoms with Crippen LogP contribution in [0.5, 0.6) is 5.75 Å². The summed E-state index contributed by atoms with van der Waals surface area (Å²) in [5.41, 5.74) is 3.72. The van der Waals surface area contributed by atoms with Crippen molar-refractivity contribution < 1.29 is 24.9 Å². The molecule has 6 heteroatoms. The standard InChI is InChI=1S/C25H33NO5/c1-4-6-17-13-19-23(25(31)26(3)24(19)30)20(14-27)22(17)21(29)10-9-15(2)11-16-7-5-8-18(28)12-16/h5,7-8,11-12,19-21,23,27-29H,4,6,9-10,13-14H2,1-3H3/b15-11+/t19-,20+,21-,23-/m1/s1. The normalized spacial score (nSPS) is 25.3. The van der Waals surface area contributed by atoms with Gasteiger partial charge in [-0.25, -0.2) is 0 Å². The molecule has 6 nitrogen and oxygen atoms in total. The smallest absolute Gasteiger partial charge is 0.233 e. The number of imide groups is 1. The number of phenolic OH excluding ortho intramolecular Hbond substituents is 1. The average Bonchev–Trinajstić information content (AvgIpc) is 2.95. The van der Waals surface area contributed by atoms with Crippen molar-refractivity contribution in [1.29, 1.82) is 0 Å². The summed E-state index contributed by atoms with van der Waals surface area (Å²) < 4.78 is 0. The van der Waals surface area contributed by atoms with Gasteiger partial charge in [0.05, 0.1) is 24.5 Å². The molecule has 1 aliphatic heterocycles. The molecule has 3 N–H and O–H groups in total. The zero-order chi connectivity index (χ0) is 22.7. The van der Waals surface area contributed by atoms with E-state index in [1.165, 1.54) is 11.9 Å². The number of benzene rings is 1. The zero-order valence-corrected chi connectivity index (χ0v) is 18.5. The Labute approximate surface area is 183 Å². The number of carbonyl (C=O) groups excluding carboxylic acids is 2. The molecule has 0 radical (unpaired) electrons. The Morgan fingerprint density at radius 2 is 2.03 bits per heavy atom. The molecule has 3 rings (SSSR count). The van der Waals surface area contributed by atoms with Gasteiger partial charge in [-0.1, -0.05) is 42.7 Å². The van der Waals surface area contributed by atoms with E-state index in [2.05, 4.69) is 0 Å². The van der Waals surface area contributed by atoms with Crippen molar-refractivity contribution in [3.8, 4) is 5.75 Å². The van der Waals surface area contributed by atoms with Crippen molar-refractivity contribution in [2.45, 2.75) is 52.1 Å². The van der Waals surface area contributed by atoms with Crippen molar-refractivity contribution in [1.82, 2.24) is 4.90 Å². The Balaban J connectivity index is 1.82. The Morgan fingerprint density at radius 3 is 2.68 bits per heavy atom. The second kappa shape index (κ2) is 9.79. The Kier molecular flexibility index (Phi) is 7.34. The minimum absolute atomic E-state index is 0.180. The van der Waals surface area contributed by atoms with E-state index in [0.29, 0.717) is 19.3 Å². The van der Waals surface area contributed by atoms with Crippen molar-refractivity contribution >= 4 is 17.9 Å². The highest BCUT2D eigenvalue weighted by atomic mass is 16.3. The van der Waals surface area contributed by atoms with Gasteiger partial charge in [0.15, 0.2) is 0 Å². The lowest BCUT2D eigenvalue weighted by Crippen LogP contribution is -2.39. The fraction of sp³-hybridized carbons (Fsp3) is 0.520. The Morgan fingerprint density at radius 1 is 1.29 bits per heavy atom. The van der Waals surface area contributed by atoms with Crippen LogP contribution in [-0.2, 0) is 9.59 Å². The van der Waals surface area contributed by atoms with Gasteiger partial charge in [0.25, 0.3) is 0 Å². The summed E-state index contributed by atoms with van der Waals surface area (Å²) in [6, 6.07) is 7.00. The van der Waals surface area contributed by atoms with Gasteiger partial charge in [0, 0.05) is 13.0 Å². The quantitative estimate of drug-likeness (QED) is 0.437. The number of aromatic hydroxyl groups is 1. The summed E-state index contributed by atoms with van der Waals surface area (Å²) in [4.78, 5) is 26.5. The first kappa shape index (κ1) is 23.2. The van der Waals surface area contributed by atoms with Crippen molar-refractivity contribution in [2.24, 2.45) is 17.8 Å². The summed E-state index contributed by atoms with van der Waals surface area (Å²) in [6.45, 7) is 3.77. The summed E-state index contributed by atoms with van der Waals surface area (Å²) >= 11 is 0. The number of rotatable bonds is 8. The molecule has 2 amide bonds. The number of nitrogens with zero attached hydrogens (tertiary/aromatic N) is 1. The number of aliphatic hydroxyl groups excluding tert-OH is 2. The minimum atomic E-state index is -0.777. The second-order valence-electron chi connectivity index (χ2n) is 8.81. The molecule has 1 aromatic carbocycles. The largest absolute Gasteiger partial charge is 0.508 e. The molecule has 0 unspecified atom stereocenters. The lowest BCUT2D eigenvalue weighted by molar-refractivity contribution is -0.138. The maximum Gasteiger partial charge on any atom is 0.233 e. The van der Waals surface area contributed by atoms with E-state index < -0.39 is 23.9 Å². The van der Waals surface area contributed by atoms with Gasteiger partial charge < -0.3 is 15.3 Å². The van der Waals surface area contributed by atoms with Crippen LogP contribution in [0.1, 0.15) is 51.5 Å². The molecule has 2 aliphatic rings. The Hall–Kier alpha value is -2.44. The highest BCUT2D eigenvalue weighted by Gasteiger charge is 2.53. The number of aliphatic hydroxyl groups is 2. The first-order valence-corrected chi connectivity index (χ1v) is 11.1. The molecule has 0 aromatic heterocycles. The second-order valence-corrected chi connectivity index (χ2v) is 8.81. The lowest BCUT2D eigenvalue weighted by atomic mass is 9.67. The zero-order valence-electron chi connectivity index (χ0n) is 18.5. The van der Waals surface area contributed by atoms with Gasteiger partial charge >= 0.3 is 0 Å². The molecule has 31 heavy (non-hydrogen) atoms. The molecule has 168 valence electrons. The van der Waals surface area contributed by atoms with Crippen molar-refractivity contribution in [3.05, 3.63) is 46.5 Å². The van der Waals surface area contributed by atoms with Gasteiger partial charge in [0.2, 0.25) is 11.8 Å². The number of fused-ring (bicyclic) bond motifs is 1. The predicted octanol–water partition coefficient (Wildman–Crippen LogP) is 3.28. The molecule has 1 heterocycles. The molecule has 1 aromatic rings.